The lowest BCUT2D eigenvalue weighted by atomic mass is 10.00. The van der Waals surface area contributed by atoms with Crippen LogP contribution in [0.25, 0.3) is 0 Å². The molecule has 0 aliphatic heterocycles. The first kappa shape index (κ1) is 20.8. The first-order valence-electron chi connectivity index (χ1n) is 8.63. The molecule has 0 heterocycles. The van der Waals surface area contributed by atoms with Gasteiger partial charge < -0.3 is 20.3 Å². The number of nitrogens with two attached hydrogens (primary N) is 1. The Balaban J connectivity index is 3.48. The molecule has 0 rings (SSSR count). The van der Waals surface area contributed by atoms with Crippen molar-refractivity contribution in [3.8, 4) is 0 Å². The molecule has 0 aromatic rings. The maximum absolute atomic E-state index is 10.00. The first-order valence-corrected chi connectivity index (χ1v) is 8.63. The van der Waals surface area contributed by atoms with Gasteiger partial charge in [-0.05, 0) is 25.7 Å². The number of aliphatic hydroxyl groups is 1. The maximum Gasteiger partial charge on any atom is 0.156 e. The third kappa shape index (κ3) is 13.2. The number of rotatable bonds is 15. The molecular formula is C17H37NO3. The van der Waals surface area contributed by atoms with Crippen molar-refractivity contribution in [1.29, 1.82) is 0 Å². The van der Waals surface area contributed by atoms with Gasteiger partial charge in [0.05, 0.1) is 6.10 Å². The maximum atomic E-state index is 10.00. The van der Waals surface area contributed by atoms with E-state index in [-0.39, 0.29) is 18.4 Å². The van der Waals surface area contributed by atoms with Crippen LogP contribution < -0.4 is 5.73 Å². The van der Waals surface area contributed by atoms with Gasteiger partial charge in [-0.2, -0.15) is 0 Å². The van der Waals surface area contributed by atoms with Crippen LogP contribution in [0.2, 0.25) is 0 Å². The van der Waals surface area contributed by atoms with Crippen LogP contribution in [0, 0.1) is 0 Å². The molecule has 2 atom stereocenters. The van der Waals surface area contributed by atoms with Gasteiger partial charge in [-0.3, -0.25) is 0 Å². The van der Waals surface area contributed by atoms with E-state index in [1.807, 2.05) is 0 Å². The molecule has 0 aliphatic carbocycles. The standard InChI is InChI=1S/C17H37NO3/c1-4-5-6-7-8-9-10-11-16(19)14-15(18)12-13-17(20-2)21-3/h15-17,19H,4-14,18H2,1-3H3/t15-,16-/m0/s1. The van der Waals surface area contributed by atoms with E-state index >= 15 is 0 Å². The Morgan fingerprint density at radius 1 is 0.857 bits per heavy atom. The van der Waals surface area contributed by atoms with Crippen molar-refractivity contribution in [2.75, 3.05) is 14.2 Å². The van der Waals surface area contributed by atoms with Gasteiger partial charge in [0.15, 0.2) is 6.29 Å². The number of methoxy groups -OCH3 is 2. The molecule has 0 saturated heterocycles. The molecular weight excluding hydrogens is 266 g/mol. The topological polar surface area (TPSA) is 64.7 Å². The van der Waals surface area contributed by atoms with E-state index in [1.165, 1.54) is 38.5 Å². The summed E-state index contributed by atoms with van der Waals surface area (Å²) in [5.41, 5.74) is 6.05. The van der Waals surface area contributed by atoms with Gasteiger partial charge in [0, 0.05) is 20.3 Å². The normalized spacial score (nSPS) is 14.6. The van der Waals surface area contributed by atoms with E-state index in [1.54, 1.807) is 14.2 Å². The predicted octanol–water partition coefficient (Wildman–Crippen LogP) is 3.60. The highest BCUT2D eigenvalue weighted by Crippen LogP contribution is 2.14. The van der Waals surface area contributed by atoms with E-state index in [9.17, 15) is 5.11 Å². The summed E-state index contributed by atoms with van der Waals surface area (Å²) in [6.07, 6.45) is 11.7. The molecule has 0 saturated carbocycles. The number of hydrogen-bond acceptors (Lipinski definition) is 4. The monoisotopic (exact) mass is 303 g/mol. The molecule has 0 radical (unpaired) electrons. The molecule has 0 aliphatic rings. The second kappa shape index (κ2) is 14.8. The van der Waals surface area contributed by atoms with Crippen molar-refractivity contribution in [2.45, 2.75) is 96.0 Å². The van der Waals surface area contributed by atoms with Crippen LogP contribution in [0.15, 0.2) is 0 Å². The fraction of sp³-hybridized carbons (Fsp3) is 1.00. The van der Waals surface area contributed by atoms with E-state index in [0.717, 1.165) is 25.7 Å². The van der Waals surface area contributed by atoms with Crippen LogP contribution in [0.5, 0.6) is 0 Å². The second-order valence-corrected chi connectivity index (χ2v) is 6.04. The van der Waals surface area contributed by atoms with Crippen molar-refractivity contribution in [2.24, 2.45) is 5.73 Å². The van der Waals surface area contributed by atoms with Crippen LogP contribution in [0.4, 0.5) is 0 Å². The Kier molecular flexibility index (Phi) is 14.7. The Bertz CT molecular complexity index is 210. The SMILES string of the molecule is CCCCCCCCC[C@H](O)C[C@@H](N)CCC(OC)OC. The summed E-state index contributed by atoms with van der Waals surface area (Å²) in [4.78, 5) is 0. The van der Waals surface area contributed by atoms with Gasteiger partial charge in [-0.25, -0.2) is 0 Å². The lowest BCUT2D eigenvalue weighted by molar-refractivity contribution is -0.107. The van der Waals surface area contributed by atoms with Crippen LogP contribution in [-0.2, 0) is 9.47 Å². The summed E-state index contributed by atoms with van der Waals surface area (Å²) in [6.45, 7) is 2.24. The predicted molar refractivity (Wildman–Crippen MR) is 88.2 cm³/mol. The molecule has 0 aromatic heterocycles. The van der Waals surface area contributed by atoms with Crippen molar-refractivity contribution >= 4 is 0 Å². The average Bonchev–Trinajstić information content (AvgIpc) is 2.47. The van der Waals surface area contributed by atoms with Crippen molar-refractivity contribution in [3.05, 3.63) is 0 Å². The van der Waals surface area contributed by atoms with Gasteiger partial charge in [0.2, 0.25) is 0 Å². The molecule has 0 aromatic carbocycles. The zero-order chi connectivity index (χ0) is 15.9. The molecule has 0 bridgehead atoms. The third-order valence-corrected chi connectivity index (χ3v) is 4.01. The zero-order valence-electron chi connectivity index (χ0n) is 14.4. The molecule has 0 fully saturated rings. The van der Waals surface area contributed by atoms with Gasteiger partial charge in [0.25, 0.3) is 0 Å². The van der Waals surface area contributed by atoms with E-state index < -0.39 is 0 Å². The van der Waals surface area contributed by atoms with E-state index in [0.29, 0.717) is 6.42 Å². The third-order valence-electron chi connectivity index (χ3n) is 4.01. The van der Waals surface area contributed by atoms with Gasteiger partial charge in [-0.15, -0.1) is 0 Å². The molecule has 4 nitrogen and oxygen atoms in total. The number of aliphatic hydroxyl groups excluding tert-OH is 1. The molecule has 21 heavy (non-hydrogen) atoms. The molecule has 0 amide bonds. The highest BCUT2D eigenvalue weighted by Gasteiger charge is 2.13. The Morgan fingerprint density at radius 3 is 2.00 bits per heavy atom. The lowest BCUT2D eigenvalue weighted by Crippen LogP contribution is -2.28. The van der Waals surface area contributed by atoms with Crippen molar-refractivity contribution in [3.63, 3.8) is 0 Å². The second-order valence-electron chi connectivity index (χ2n) is 6.04. The van der Waals surface area contributed by atoms with Crippen molar-refractivity contribution < 1.29 is 14.6 Å². The Labute approximate surface area is 131 Å². The summed E-state index contributed by atoms with van der Waals surface area (Å²) >= 11 is 0. The minimum Gasteiger partial charge on any atom is -0.393 e. The minimum atomic E-state index is -0.265. The van der Waals surface area contributed by atoms with E-state index in [4.69, 9.17) is 15.2 Å². The lowest BCUT2D eigenvalue weighted by Gasteiger charge is -2.19. The molecule has 4 heteroatoms. The van der Waals surface area contributed by atoms with Crippen molar-refractivity contribution in [1.82, 2.24) is 0 Å². The number of hydrogen-bond donors (Lipinski definition) is 2. The smallest absolute Gasteiger partial charge is 0.156 e. The summed E-state index contributed by atoms with van der Waals surface area (Å²) in [6, 6.07) is 0.0253. The van der Waals surface area contributed by atoms with E-state index in [2.05, 4.69) is 6.92 Å². The molecule has 0 spiro atoms. The average molecular weight is 303 g/mol. The van der Waals surface area contributed by atoms with Crippen LogP contribution >= 0.6 is 0 Å². The number of ether oxygens (including phenoxy) is 2. The summed E-state index contributed by atoms with van der Waals surface area (Å²) < 4.78 is 10.3. The largest absolute Gasteiger partial charge is 0.393 e. The highest BCUT2D eigenvalue weighted by molar-refractivity contribution is 4.68. The fourth-order valence-electron chi connectivity index (χ4n) is 2.60. The van der Waals surface area contributed by atoms with Gasteiger partial charge in [0.1, 0.15) is 0 Å². The zero-order valence-corrected chi connectivity index (χ0v) is 14.4. The molecule has 128 valence electrons. The van der Waals surface area contributed by atoms with Crippen LogP contribution in [0.1, 0.15) is 77.6 Å². The van der Waals surface area contributed by atoms with Gasteiger partial charge >= 0.3 is 0 Å². The Morgan fingerprint density at radius 2 is 1.43 bits per heavy atom. The quantitative estimate of drug-likeness (QED) is 0.358. The molecule has 0 unspecified atom stereocenters. The van der Waals surface area contributed by atoms with Crippen LogP contribution in [0.3, 0.4) is 0 Å². The fourth-order valence-corrected chi connectivity index (χ4v) is 2.60. The summed E-state index contributed by atoms with van der Waals surface area (Å²) in [5, 5.41) is 10.00. The summed E-state index contributed by atoms with van der Waals surface area (Å²) in [7, 11) is 3.27. The first-order chi connectivity index (χ1) is 10.1. The molecule has 3 N–H and O–H groups in total. The summed E-state index contributed by atoms with van der Waals surface area (Å²) in [5.74, 6) is 0. The minimum absolute atomic E-state index is 0.0253. The Hall–Kier alpha value is -0.160. The van der Waals surface area contributed by atoms with Crippen LogP contribution in [-0.4, -0.2) is 37.8 Å². The highest BCUT2D eigenvalue weighted by atomic mass is 16.7. The number of unbranched alkanes of at least 4 members (excludes halogenated alkanes) is 6. The van der Waals surface area contributed by atoms with Gasteiger partial charge in [-0.1, -0.05) is 51.9 Å².